The number of hydrogen-bond acceptors (Lipinski definition) is 5. The Hall–Kier alpha value is -2.48. The van der Waals surface area contributed by atoms with Gasteiger partial charge in [0.05, 0.1) is 5.39 Å². The second kappa shape index (κ2) is 5.31. The fourth-order valence-corrected chi connectivity index (χ4v) is 2.98. The summed E-state index contributed by atoms with van der Waals surface area (Å²) in [5, 5.41) is 0.351. The van der Waals surface area contributed by atoms with Gasteiger partial charge in [-0.05, 0) is 25.0 Å². The monoisotopic (exact) mass is 317 g/mol. The van der Waals surface area contributed by atoms with Crippen molar-refractivity contribution in [2.24, 2.45) is 19.8 Å². The summed E-state index contributed by atoms with van der Waals surface area (Å²) >= 11 is 0. The van der Waals surface area contributed by atoms with Crippen molar-refractivity contribution < 1.29 is 4.79 Å². The van der Waals surface area contributed by atoms with Gasteiger partial charge in [-0.2, -0.15) is 0 Å². The van der Waals surface area contributed by atoms with Gasteiger partial charge < -0.3 is 10.6 Å². The van der Waals surface area contributed by atoms with Gasteiger partial charge in [-0.15, -0.1) is 0 Å². The van der Waals surface area contributed by atoms with Crippen LogP contribution in [0.15, 0.2) is 15.7 Å². The third kappa shape index (κ3) is 2.35. The number of likely N-dealkylation sites (tertiary alicyclic amines) is 1. The van der Waals surface area contributed by atoms with Crippen LogP contribution in [0.2, 0.25) is 0 Å². The lowest BCUT2D eigenvalue weighted by Crippen LogP contribution is -2.38. The third-order valence-electron chi connectivity index (χ3n) is 4.34. The molecule has 1 fully saturated rings. The van der Waals surface area contributed by atoms with Crippen molar-refractivity contribution >= 4 is 16.9 Å². The molecule has 23 heavy (non-hydrogen) atoms. The molecule has 8 heteroatoms. The molecule has 1 aliphatic rings. The quantitative estimate of drug-likeness (QED) is 0.735. The second-order valence-corrected chi connectivity index (χ2v) is 6.03. The maximum atomic E-state index is 12.6. The highest BCUT2D eigenvalue weighted by Gasteiger charge is 2.26. The van der Waals surface area contributed by atoms with E-state index in [-0.39, 0.29) is 23.3 Å². The van der Waals surface area contributed by atoms with E-state index in [9.17, 15) is 14.4 Å². The highest BCUT2D eigenvalue weighted by atomic mass is 16.2. The van der Waals surface area contributed by atoms with Gasteiger partial charge in [-0.25, -0.2) is 9.78 Å². The summed E-state index contributed by atoms with van der Waals surface area (Å²) in [5.74, 6) is -0.226. The van der Waals surface area contributed by atoms with E-state index in [2.05, 4.69) is 4.98 Å². The fraction of sp³-hybridized carbons (Fsp3) is 0.467. The lowest BCUT2D eigenvalue weighted by atomic mass is 10.1. The van der Waals surface area contributed by atoms with Gasteiger partial charge in [0.2, 0.25) is 0 Å². The molecule has 0 bridgehead atoms. The average molecular weight is 317 g/mol. The summed E-state index contributed by atoms with van der Waals surface area (Å²) in [6.45, 7) is 2.82. The molecule has 3 heterocycles. The number of amides is 1. The summed E-state index contributed by atoms with van der Waals surface area (Å²) in [6, 6.07) is 1.58. The number of pyridine rings is 1. The first-order chi connectivity index (χ1) is 10.8. The molecule has 1 saturated heterocycles. The zero-order chi connectivity index (χ0) is 16.9. The van der Waals surface area contributed by atoms with E-state index in [0.29, 0.717) is 24.0 Å². The Morgan fingerprint density at radius 2 is 2.00 bits per heavy atom. The number of hydrogen-bond donors (Lipinski definition) is 1. The SMILES string of the molecule is Cc1cc(C(=O)N2CC[C@H](N)C2)nc2c1c(=O)n(C)c(=O)n2C. The molecule has 0 radical (unpaired) electrons. The van der Waals surface area contributed by atoms with Crippen LogP contribution in [0, 0.1) is 6.92 Å². The zero-order valence-corrected chi connectivity index (χ0v) is 13.4. The molecule has 0 aromatic carbocycles. The van der Waals surface area contributed by atoms with Crippen LogP contribution in [-0.2, 0) is 14.1 Å². The topological polar surface area (TPSA) is 103 Å². The molecular formula is C15H19N5O3. The number of aryl methyl sites for hydroxylation is 2. The molecule has 1 aliphatic heterocycles. The first-order valence-electron chi connectivity index (χ1n) is 7.43. The predicted octanol–water partition coefficient (Wildman–Crippen LogP) is -0.886. The number of nitrogens with two attached hydrogens (primary N) is 1. The van der Waals surface area contributed by atoms with Crippen LogP contribution in [0.1, 0.15) is 22.5 Å². The van der Waals surface area contributed by atoms with E-state index in [4.69, 9.17) is 5.73 Å². The van der Waals surface area contributed by atoms with E-state index in [1.54, 1.807) is 17.9 Å². The minimum Gasteiger partial charge on any atom is -0.336 e. The first kappa shape index (κ1) is 15.4. The molecule has 3 rings (SSSR count). The van der Waals surface area contributed by atoms with E-state index in [0.717, 1.165) is 11.0 Å². The molecular weight excluding hydrogens is 298 g/mol. The van der Waals surface area contributed by atoms with Crippen LogP contribution in [0.4, 0.5) is 0 Å². The molecule has 8 nitrogen and oxygen atoms in total. The molecule has 2 aromatic rings. The van der Waals surface area contributed by atoms with Crippen LogP contribution >= 0.6 is 0 Å². The standard InChI is InChI=1S/C15H19N5O3/c1-8-6-10(13(21)20-5-4-9(16)7-20)17-12-11(8)14(22)19(3)15(23)18(12)2/h6,9H,4-5,7,16H2,1-3H3/t9-/m0/s1. The largest absolute Gasteiger partial charge is 0.336 e. The maximum absolute atomic E-state index is 12.6. The van der Waals surface area contributed by atoms with Gasteiger partial charge in [-0.3, -0.25) is 18.7 Å². The Balaban J connectivity index is 2.20. The lowest BCUT2D eigenvalue weighted by molar-refractivity contribution is 0.0785. The Labute approximate surface area is 132 Å². The van der Waals surface area contributed by atoms with Crippen molar-refractivity contribution in [2.45, 2.75) is 19.4 Å². The van der Waals surface area contributed by atoms with Crippen LogP contribution in [0.25, 0.3) is 11.0 Å². The number of aromatic nitrogens is 3. The summed E-state index contributed by atoms with van der Waals surface area (Å²) in [5.41, 5.74) is 6.04. The summed E-state index contributed by atoms with van der Waals surface area (Å²) in [4.78, 5) is 42.9. The fourth-order valence-electron chi connectivity index (χ4n) is 2.98. The Morgan fingerprint density at radius 3 is 2.61 bits per heavy atom. The smallest absolute Gasteiger partial charge is 0.332 e. The molecule has 0 unspecified atom stereocenters. The number of carbonyl (C=O) groups excluding carboxylic acids is 1. The highest BCUT2D eigenvalue weighted by Crippen LogP contribution is 2.16. The minimum absolute atomic E-state index is 0.0165. The van der Waals surface area contributed by atoms with Crippen molar-refractivity contribution in [1.29, 1.82) is 0 Å². The molecule has 0 spiro atoms. The van der Waals surface area contributed by atoms with Gasteiger partial charge in [0.25, 0.3) is 11.5 Å². The van der Waals surface area contributed by atoms with Gasteiger partial charge in [0.15, 0.2) is 0 Å². The predicted molar refractivity (Wildman–Crippen MR) is 85.5 cm³/mol. The molecule has 2 aromatic heterocycles. The number of rotatable bonds is 1. The Bertz CT molecular complexity index is 927. The van der Waals surface area contributed by atoms with E-state index < -0.39 is 11.2 Å². The van der Waals surface area contributed by atoms with Crippen molar-refractivity contribution in [2.75, 3.05) is 13.1 Å². The van der Waals surface area contributed by atoms with Crippen LogP contribution in [0.3, 0.4) is 0 Å². The highest BCUT2D eigenvalue weighted by molar-refractivity contribution is 5.95. The minimum atomic E-state index is -0.470. The average Bonchev–Trinajstić information content (AvgIpc) is 2.95. The first-order valence-corrected chi connectivity index (χ1v) is 7.43. The second-order valence-electron chi connectivity index (χ2n) is 6.03. The van der Waals surface area contributed by atoms with Crippen molar-refractivity contribution in [3.8, 4) is 0 Å². The van der Waals surface area contributed by atoms with E-state index in [1.165, 1.54) is 18.7 Å². The molecule has 0 aliphatic carbocycles. The van der Waals surface area contributed by atoms with E-state index >= 15 is 0 Å². The van der Waals surface area contributed by atoms with Crippen molar-refractivity contribution in [3.63, 3.8) is 0 Å². The molecule has 122 valence electrons. The van der Waals surface area contributed by atoms with Gasteiger partial charge in [0, 0.05) is 33.2 Å². The van der Waals surface area contributed by atoms with Gasteiger partial charge >= 0.3 is 5.69 Å². The van der Waals surface area contributed by atoms with Gasteiger partial charge in [-0.1, -0.05) is 0 Å². The lowest BCUT2D eigenvalue weighted by Gasteiger charge is -2.16. The molecule has 1 amide bonds. The normalized spacial score (nSPS) is 17.9. The summed E-state index contributed by atoms with van der Waals surface area (Å²) in [6.07, 6.45) is 0.761. The molecule has 0 saturated carbocycles. The van der Waals surface area contributed by atoms with Crippen molar-refractivity contribution in [3.05, 3.63) is 38.2 Å². The number of fused-ring (bicyclic) bond motifs is 1. The summed E-state index contributed by atoms with van der Waals surface area (Å²) in [7, 11) is 2.96. The Morgan fingerprint density at radius 1 is 1.30 bits per heavy atom. The van der Waals surface area contributed by atoms with Crippen LogP contribution in [-0.4, -0.2) is 44.1 Å². The zero-order valence-electron chi connectivity index (χ0n) is 13.4. The number of carbonyl (C=O) groups is 1. The molecule has 2 N–H and O–H groups in total. The van der Waals surface area contributed by atoms with Gasteiger partial charge in [0.1, 0.15) is 11.3 Å². The number of nitrogens with zero attached hydrogens (tertiary/aromatic N) is 4. The molecule has 1 atom stereocenters. The maximum Gasteiger partial charge on any atom is 0.332 e. The Kier molecular flexibility index (Phi) is 3.56. The third-order valence-corrected chi connectivity index (χ3v) is 4.34. The van der Waals surface area contributed by atoms with Crippen LogP contribution < -0.4 is 17.0 Å². The summed E-state index contributed by atoms with van der Waals surface area (Å²) < 4.78 is 2.33. The van der Waals surface area contributed by atoms with Crippen molar-refractivity contribution in [1.82, 2.24) is 19.0 Å². The van der Waals surface area contributed by atoms with E-state index in [1.807, 2.05) is 0 Å². The van der Waals surface area contributed by atoms with Crippen LogP contribution in [0.5, 0.6) is 0 Å².